The van der Waals surface area contributed by atoms with Crippen LogP contribution < -0.4 is 10.1 Å². The molecule has 2 N–H and O–H groups in total. The fourth-order valence-electron chi connectivity index (χ4n) is 2.42. The molecule has 0 saturated carbocycles. The normalized spacial score (nSPS) is 21.0. The maximum atomic E-state index is 12.2. The average molecular weight is 309 g/mol. The van der Waals surface area contributed by atoms with Crippen LogP contribution in [0.4, 0.5) is 0 Å². The molecule has 1 atom stereocenters. The highest BCUT2D eigenvalue weighted by Crippen LogP contribution is 2.28. The van der Waals surface area contributed by atoms with Crippen LogP contribution in [0.5, 0.6) is 5.75 Å². The number of thioether (sulfide) groups is 1. The first-order chi connectivity index (χ1) is 9.97. The molecule has 1 heterocycles. The number of carbonyl (C=O) groups is 2. The lowest BCUT2D eigenvalue weighted by Gasteiger charge is -2.24. The van der Waals surface area contributed by atoms with Crippen LogP contribution in [0, 0.1) is 6.92 Å². The van der Waals surface area contributed by atoms with Gasteiger partial charge < -0.3 is 15.2 Å². The Kier molecular flexibility index (Phi) is 4.77. The van der Waals surface area contributed by atoms with Gasteiger partial charge in [-0.2, -0.15) is 11.8 Å². The summed E-state index contributed by atoms with van der Waals surface area (Å²) >= 11 is 1.55. The molecule has 1 aromatic carbocycles. The maximum absolute atomic E-state index is 12.2. The van der Waals surface area contributed by atoms with Gasteiger partial charge in [0.15, 0.2) is 0 Å². The third-order valence-electron chi connectivity index (χ3n) is 3.60. The van der Waals surface area contributed by atoms with Crippen molar-refractivity contribution < 1.29 is 19.4 Å². The van der Waals surface area contributed by atoms with E-state index in [1.165, 1.54) is 0 Å². The molecule has 21 heavy (non-hydrogen) atoms. The minimum Gasteiger partial charge on any atom is -0.496 e. The van der Waals surface area contributed by atoms with E-state index in [1.54, 1.807) is 18.9 Å². The summed E-state index contributed by atoms with van der Waals surface area (Å²) in [5.41, 5.74) is 0.669. The first-order valence-electron chi connectivity index (χ1n) is 6.72. The monoisotopic (exact) mass is 309 g/mol. The van der Waals surface area contributed by atoms with Crippen molar-refractivity contribution in [1.29, 1.82) is 0 Å². The largest absolute Gasteiger partial charge is 0.496 e. The van der Waals surface area contributed by atoms with E-state index in [4.69, 9.17) is 4.74 Å². The van der Waals surface area contributed by atoms with E-state index >= 15 is 0 Å². The number of benzene rings is 1. The number of carboxylic acid groups (broad SMARTS) is 1. The Balaban J connectivity index is 2.11. The summed E-state index contributed by atoms with van der Waals surface area (Å²) in [5, 5.41) is 12.1. The van der Waals surface area contributed by atoms with Crippen LogP contribution in [0.25, 0.3) is 0 Å². The molecule has 2 rings (SSSR count). The highest BCUT2D eigenvalue weighted by atomic mass is 32.2. The third-order valence-corrected chi connectivity index (χ3v) is 4.79. The molecule has 0 aromatic heterocycles. The van der Waals surface area contributed by atoms with Crippen LogP contribution in [0.1, 0.15) is 17.5 Å². The van der Waals surface area contributed by atoms with Gasteiger partial charge in [0.05, 0.1) is 13.5 Å². The molecule has 1 aliphatic rings. The second-order valence-corrected chi connectivity index (χ2v) is 6.34. The van der Waals surface area contributed by atoms with E-state index in [0.717, 1.165) is 16.9 Å². The van der Waals surface area contributed by atoms with E-state index in [9.17, 15) is 14.7 Å². The summed E-state index contributed by atoms with van der Waals surface area (Å²) in [6.07, 6.45) is 0.578. The summed E-state index contributed by atoms with van der Waals surface area (Å²) in [6.45, 7) is 1.94. The summed E-state index contributed by atoms with van der Waals surface area (Å²) in [4.78, 5) is 23.7. The highest BCUT2D eigenvalue weighted by molar-refractivity contribution is 7.99. The van der Waals surface area contributed by atoms with Gasteiger partial charge in [0, 0.05) is 11.3 Å². The minimum absolute atomic E-state index is 0.116. The second-order valence-electron chi connectivity index (χ2n) is 5.23. The van der Waals surface area contributed by atoms with Gasteiger partial charge in [-0.05, 0) is 25.2 Å². The fourth-order valence-corrected chi connectivity index (χ4v) is 3.74. The van der Waals surface area contributed by atoms with Crippen LogP contribution in [-0.4, -0.2) is 41.1 Å². The molecule has 0 bridgehead atoms. The summed E-state index contributed by atoms with van der Waals surface area (Å²) < 4.78 is 5.24. The standard InChI is InChI=1S/C15H19NO4S/c1-10-3-4-12(20-2)11(7-10)8-13(17)16-15(14(18)19)5-6-21-9-15/h3-4,7H,5-6,8-9H2,1-2H3,(H,16,17)(H,18,19). The number of carbonyl (C=O) groups excluding carboxylic acids is 1. The Labute approximate surface area is 128 Å². The predicted octanol–water partition coefficient (Wildman–Crippen LogP) is 1.62. The molecule has 114 valence electrons. The predicted molar refractivity (Wildman–Crippen MR) is 81.9 cm³/mol. The number of hydrogen-bond donors (Lipinski definition) is 2. The van der Waals surface area contributed by atoms with Crippen molar-refractivity contribution in [2.45, 2.75) is 25.3 Å². The van der Waals surface area contributed by atoms with Crippen LogP contribution >= 0.6 is 11.8 Å². The molecular weight excluding hydrogens is 290 g/mol. The van der Waals surface area contributed by atoms with Crippen molar-refractivity contribution >= 4 is 23.6 Å². The van der Waals surface area contributed by atoms with Crippen molar-refractivity contribution in [2.24, 2.45) is 0 Å². The Morgan fingerprint density at radius 3 is 2.81 bits per heavy atom. The number of aryl methyl sites for hydroxylation is 1. The van der Waals surface area contributed by atoms with Crippen molar-refractivity contribution in [1.82, 2.24) is 5.32 Å². The minimum atomic E-state index is -1.13. The molecule has 1 fully saturated rings. The number of aliphatic carboxylic acids is 1. The molecule has 1 unspecified atom stereocenters. The van der Waals surface area contributed by atoms with Crippen LogP contribution in [0.3, 0.4) is 0 Å². The summed E-state index contributed by atoms with van der Waals surface area (Å²) in [5.74, 6) is 0.557. The fraction of sp³-hybridized carbons (Fsp3) is 0.467. The van der Waals surface area contributed by atoms with Gasteiger partial charge >= 0.3 is 5.97 Å². The number of carboxylic acids is 1. The average Bonchev–Trinajstić information content (AvgIpc) is 2.88. The quantitative estimate of drug-likeness (QED) is 0.864. The smallest absolute Gasteiger partial charge is 0.330 e. The first-order valence-corrected chi connectivity index (χ1v) is 7.88. The van der Waals surface area contributed by atoms with Gasteiger partial charge in [-0.15, -0.1) is 0 Å². The highest BCUT2D eigenvalue weighted by Gasteiger charge is 2.43. The second kappa shape index (κ2) is 6.39. The molecule has 0 spiro atoms. The van der Waals surface area contributed by atoms with Gasteiger partial charge in [-0.3, -0.25) is 4.79 Å². The van der Waals surface area contributed by atoms with Crippen molar-refractivity contribution in [3.05, 3.63) is 29.3 Å². The Bertz CT molecular complexity index is 553. The van der Waals surface area contributed by atoms with Crippen LogP contribution in [-0.2, 0) is 16.0 Å². The number of ether oxygens (including phenoxy) is 1. The van der Waals surface area contributed by atoms with Crippen LogP contribution in [0.15, 0.2) is 18.2 Å². The number of rotatable bonds is 5. The lowest BCUT2D eigenvalue weighted by molar-refractivity contribution is -0.146. The number of amides is 1. The van der Waals surface area contributed by atoms with Gasteiger partial charge in [0.25, 0.3) is 0 Å². The third kappa shape index (κ3) is 3.50. The molecular formula is C15H19NO4S. The zero-order valence-electron chi connectivity index (χ0n) is 12.1. The first kappa shape index (κ1) is 15.7. The Morgan fingerprint density at radius 1 is 1.48 bits per heavy atom. The Hall–Kier alpha value is -1.69. The zero-order chi connectivity index (χ0) is 15.5. The van der Waals surface area contributed by atoms with E-state index in [-0.39, 0.29) is 12.3 Å². The van der Waals surface area contributed by atoms with E-state index in [0.29, 0.717) is 17.9 Å². The van der Waals surface area contributed by atoms with Crippen molar-refractivity contribution in [2.75, 3.05) is 18.6 Å². The van der Waals surface area contributed by atoms with Crippen LogP contribution in [0.2, 0.25) is 0 Å². The van der Waals surface area contributed by atoms with E-state index in [1.807, 2.05) is 25.1 Å². The number of methoxy groups -OCH3 is 1. The molecule has 0 aliphatic carbocycles. The van der Waals surface area contributed by atoms with Gasteiger partial charge in [-0.25, -0.2) is 4.79 Å². The van der Waals surface area contributed by atoms with Gasteiger partial charge in [0.2, 0.25) is 5.91 Å². The van der Waals surface area contributed by atoms with E-state index < -0.39 is 11.5 Å². The maximum Gasteiger partial charge on any atom is 0.330 e. The summed E-state index contributed by atoms with van der Waals surface area (Å²) in [6, 6.07) is 5.61. The topological polar surface area (TPSA) is 75.6 Å². The Morgan fingerprint density at radius 2 is 2.24 bits per heavy atom. The number of nitrogens with one attached hydrogen (secondary N) is 1. The van der Waals surface area contributed by atoms with E-state index in [2.05, 4.69) is 5.32 Å². The number of hydrogen-bond acceptors (Lipinski definition) is 4. The van der Waals surface area contributed by atoms with Gasteiger partial charge in [-0.1, -0.05) is 17.7 Å². The molecule has 0 radical (unpaired) electrons. The SMILES string of the molecule is COc1ccc(C)cc1CC(=O)NC1(C(=O)O)CCSC1. The van der Waals surface area contributed by atoms with Crippen molar-refractivity contribution in [3.63, 3.8) is 0 Å². The molecule has 1 amide bonds. The lowest BCUT2D eigenvalue weighted by Crippen LogP contribution is -2.55. The molecule has 1 saturated heterocycles. The molecule has 1 aliphatic heterocycles. The molecule has 6 heteroatoms. The summed E-state index contributed by atoms with van der Waals surface area (Å²) in [7, 11) is 1.55. The molecule has 1 aromatic rings. The lowest BCUT2D eigenvalue weighted by atomic mass is 9.98. The van der Waals surface area contributed by atoms with Crippen molar-refractivity contribution in [3.8, 4) is 5.75 Å². The zero-order valence-corrected chi connectivity index (χ0v) is 13.0. The van der Waals surface area contributed by atoms with Gasteiger partial charge in [0.1, 0.15) is 11.3 Å². The molecule has 5 nitrogen and oxygen atoms in total.